The summed E-state index contributed by atoms with van der Waals surface area (Å²) in [7, 11) is 1.75. The molecule has 10 nitrogen and oxygen atoms in total. The lowest BCUT2D eigenvalue weighted by Gasteiger charge is -2.31. The Morgan fingerprint density at radius 1 is 1.15 bits per heavy atom. The maximum atomic E-state index is 16.9. The van der Waals surface area contributed by atoms with Gasteiger partial charge in [0.15, 0.2) is 11.6 Å². The summed E-state index contributed by atoms with van der Waals surface area (Å²) in [6.07, 6.45) is 11.1. The second-order valence-electron chi connectivity index (χ2n) is 13.8. The van der Waals surface area contributed by atoms with E-state index in [1.54, 1.807) is 42.3 Å². The molecule has 3 aliphatic rings. The minimum atomic E-state index is -0.976. The molecule has 8 rings (SSSR count). The minimum absolute atomic E-state index is 0.0158. The first kappa shape index (κ1) is 34.4. The number of fused-ring (bicyclic) bond motifs is 3. The molecule has 0 spiro atoms. The van der Waals surface area contributed by atoms with Crippen molar-refractivity contribution in [1.29, 1.82) is 0 Å². The molecule has 3 saturated heterocycles. The van der Waals surface area contributed by atoms with Gasteiger partial charge in [0.2, 0.25) is 0 Å². The highest BCUT2D eigenvalue weighted by Crippen LogP contribution is 2.41. The number of ether oxygens (including phenoxy) is 1. The fourth-order valence-electron chi connectivity index (χ4n) is 8.03. The van der Waals surface area contributed by atoms with E-state index >= 15 is 8.78 Å². The Balaban J connectivity index is 1.17. The Morgan fingerprint density at radius 2 is 2.02 bits per heavy atom. The van der Waals surface area contributed by atoms with Crippen LogP contribution in [0.1, 0.15) is 36.9 Å². The van der Waals surface area contributed by atoms with E-state index in [2.05, 4.69) is 31.0 Å². The molecule has 270 valence electrons. The van der Waals surface area contributed by atoms with Crippen LogP contribution in [-0.4, -0.2) is 98.4 Å². The van der Waals surface area contributed by atoms with Gasteiger partial charge in [-0.3, -0.25) is 14.7 Å². The zero-order chi connectivity index (χ0) is 36.9. The molecule has 1 amide bonds. The van der Waals surface area contributed by atoms with Crippen molar-refractivity contribution in [3.05, 3.63) is 83.6 Å². The number of terminal acetylenes is 1. The first-order chi connectivity index (χ1) is 25.7. The zero-order valence-corrected chi connectivity index (χ0v) is 28.8. The molecule has 5 aromatic rings. The van der Waals surface area contributed by atoms with E-state index < -0.39 is 35.1 Å². The van der Waals surface area contributed by atoms with Crippen LogP contribution in [-0.2, 0) is 4.79 Å². The average Bonchev–Trinajstić information content (AvgIpc) is 3.89. The van der Waals surface area contributed by atoms with Gasteiger partial charge in [-0.05, 0) is 49.4 Å². The van der Waals surface area contributed by atoms with Crippen molar-refractivity contribution >= 4 is 39.5 Å². The zero-order valence-electron chi connectivity index (χ0n) is 28.8. The molecular formula is C39H34F4N8O2. The Bertz CT molecular complexity index is 2320. The topological polar surface area (TPSA) is 100 Å². The van der Waals surface area contributed by atoms with E-state index in [9.17, 15) is 13.6 Å². The lowest BCUT2D eigenvalue weighted by atomic mass is 9.95. The van der Waals surface area contributed by atoms with Gasteiger partial charge >= 0.3 is 6.01 Å². The van der Waals surface area contributed by atoms with Crippen molar-refractivity contribution in [1.82, 2.24) is 34.9 Å². The number of rotatable bonds is 8. The number of alkyl halides is 1. The molecule has 0 N–H and O–H groups in total. The highest BCUT2D eigenvalue weighted by Gasteiger charge is 2.49. The molecule has 0 aliphatic carbocycles. The van der Waals surface area contributed by atoms with E-state index in [4.69, 9.17) is 16.1 Å². The Hall–Kier alpha value is -5.68. The van der Waals surface area contributed by atoms with Crippen LogP contribution >= 0.6 is 0 Å². The molecule has 0 radical (unpaired) electrons. The van der Waals surface area contributed by atoms with E-state index in [1.165, 1.54) is 29.4 Å². The van der Waals surface area contributed by atoms with Crippen LogP contribution in [0.5, 0.6) is 6.01 Å². The molecule has 2 aromatic carbocycles. The lowest BCUT2D eigenvalue weighted by molar-refractivity contribution is -0.127. The molecular weight excluding hydrogens is 688 g/mol. The van der Waals surface area contributed by atoms with Gasteiger partial charge in [-0.25, -0.2) is 17.6 Å². The molecule has 3 atom stereocenters. The van der Waals surface area contributed by atoms with Crippen LogP contribution in [0.2, 0.25) is 0 Å². The molecule has 6 heterocycles. The van der Waals surface area contributed by atoms with Crippen LogP contribution in [0.3, 0.4) is 0 Å². The third-order valence-corrected chi connectivity index (χ3v) is 10.7. The summed E-state index contributed by atoms with van der Waals surface area (Å²) in [6, 6.07) is 10.6. The number of likely N-dealkylation sites (tertiary alicyclic amines) is 1. The maximum absolute atomic E-state index is 16.9. The normalized spacial score (nSPS) is 21.7. The van der Waals surface area contributed by atoms with Gasteiger partial charge < -0.3 is 14.5 Å². The Morgan fingerprint density at radius 3 is 2.83 bits per heavy atom. The highest BCUT2D eigenvalue weighted by molar-refractivity contribution is 6.02. The van der Waals surface area contributed by atoms with Gasteiger partial charge in [0.25, 0.3) is 5.91 Å². The Labute approximate surface area is 302 Å². The summed E-state index contributed by atoms with van der Waals surface area (Å²) < 4.78 is 67.6. The summed E-state index contributed by atoms with van der Waals surface area (Å²) in [6.45, 7) is 1.61. The smallest absolute Gasteiger partial charge is 0.319 e. The van der Waals surface area contributed by atoms with Crippen molar-refractivity contribution in [2.75, 3.05) is 44.7 Å². The third-order valence-electron chi connectivity index (χ3n) is 10.7. The fourth-order valence-corrected chi connectivity index (χ4v) is 8.03. The molecule has 0 bridgehead atoms. The van der Waals surface area contributed by atoms with Crippen molar-refractivity contribution in [2.24, 2.45) is 0 Å². The van der Waals surface area contributed by atoms with Gasteiger partial charge in [0.05, 0.1) is 22.2 Å². The average molecular weight is 723 g/mol. The number of hydrogen-bond donors (Lipinski definition) is 0. The summed E-state index contributed by atoms with van der Waals surface area (Å²) in [4.78, 5) is 32.1. The van der Waals surface area contributed by atoms with Gasteiger partial charge in [-0.15, -0.1) is 6.42 Å². The molecule has 3 aliphatic heterocycles. The number of aromatic nitrogens is 5. The molecule has 3 fully saturated rings. The Kier molecular flexibility index (Phi) is 8.90. The predicted octanol–water partition coefficient (Wildman–Crippen LogP) is 5.90. The molecule has 0 saturated carbocycles. The number of benzene rings is 2. The number of likely N-dealkylation sites (N-methyl/N-ethyl adjacent to an activating group) is 1. The van der Waals surface area contributed by atoms with Crippen molar-refractivity contribution in [2.45, 2.75) is 43.4 Å². The van der Waals surface area contributed by atoms with Crippen LogP contribution in [0.25, 0.3) is 39.0 Å². The highest BCUT2D eigenvalue weighted by atomic mass is 19.1. The largest absolute Gasteiger partial charge is 0.461 e. The van der Waals surface area contributed by atoms with Crippen LogP contribution in [0, 0.1) is 24.0 Å². The van der Waals surface area contributed by atoms with Crippen LogP contribution in [0.4, 0.5) is 23.4 Å². The SMILES string of the molecule is C#Cc1c(F)ccc2cccc(-c3ncc4c(N(C)[C@@H]5CCN(C(=O)/C(F)=C/c6cccnn6)C5)nc(OC[C@@]56CCCN5C[C@H](F)C6)nc4c3F)c12. The molecule has 3 aromatic heterocycles. The number of nitrogens with zero attached hydrogens (tertiary/aromatic N) is 8. The first-order valence-corrected chi connectivity index (χ1v) is 17.4. The van der Waals surface area contributed by atoms with Crippen molar-refractivity contribution < 1.29 is 27.1 Å². The summed E-state index contributed by atoms with van der Waals surface area (Å²) >= 11 is 0. The summed E-state index contributed by atoms with van der Waals surface area (Å²) in [5.41, 5.74) is -0.228. The number of anilines is 1. The molecule has 14 heteroatoms. The lowest BCUT2D eigenvalue weighted by Crippen LogP contribution is -2.43. The van der Waals surface area contributed by atoms with E-state index in [0.29, 0.717) is 30.2 Å². The van der Waals surface area contributed by atoms with Gasteiger partial charge in [-0.2, -0.15) is 20.2 Å². The minimum Gasteiger partial charge on any atom is -0.461 e. The second kappa shape index (κ2) is 13.7. The standard InChI is InChI=1S/C39H34F4N8O2/c1-3-27-30(41)11-10-23-7-4-9-28(32(23)27)34-33(43)35-29(19-44-34)36(47-38(46-35)53-22-39-13-6-15-51(39)20-24(40)18-39)49(2)26-12-16-50(21-26)37(52)31(42)17-25-8-5-14-45-48-25/h1,4-5,7-11,14,17,19,24,26H,6,12-13,15-16,18,20-22H2,2H3/b31-17-/t24-,26-,39+/m1/s1. The van der Waals surface area contributed by atoms with Gasteiger partial charge in [-0.1, -0.05) is 30.2 Å². The third kappa shape index (κ3) is 6.18. The quantitative estimate of drug-likeness (QED) is 0.110. The molecule has 0 unspecified atom stereocenters. The fraction of sp³-hybridized carbons (Fsp3) is 0.333. The van der Waals surface area contributed by atoms with E-state index in [1.807, 2.05) is 0 Å². The monoisotopic (exact) mass is 722 g/mol. The maximum Gasteiger partial charge on any atom is 0.319 e. The van der Waals surface area contributed by atoms with Gasteiger partial charge in [0.1, 0.15) is 35.6 Å². The predicted molar refractivity (Wildman–Crippen MR) is 191 cm³/mol. The number of pyridine rings is 1. The van der Waals surface area contributed by atoms with Crippen molar-refractivity contribution in [3.8, 4) is 29.6 Å². The summed E-state index contributed by atoms with van der Waals surface area (Å²) in [5, 5.41) is 8.73. The summed E-state index contributed by atoms with van der Waals surface area (Å²) in [5.74, 6) is -0.505. The van der Waals surface area contributed by atoms with Crippen molar-refractivity contribution in [3.63, 3.8) is 0 Å². The number of hydrogen-bond acceptors (Lipinski definition) is 9. The first-order valence-electron chi connectivity index (χ1n) is 17.4. The number of carbonyl (C=O) groups is 1. The number of amides is 1. The van der Waals surface area contributed by atoms with Gasteiger partial charge in [0, 0.05) is 68.6 Å². The number of halogens is 4. The molecule has 53 heavy (non-hydrogen) atoms. The van der Waals surface area contributed by atoms with E-state index in [-0.39, 0.29) is 71.0 Å². The van der Waals surface area contributed by atoms with Crippen LogP contribution < -0.4 is 9.64 Å². The van der Waals surface area contributed by atoms with Crippen LogP contribution in [0.15, 0.2) is 60.7 Å². The number of carbonyl (C=O) groups excluding carboxylic acids is 1. The van der Waals surface area contributed by atoms with E-state index in [0.717, 1.165) is 25.5 Å². The second-order valence-corrected chi connectivity index (χ2v) is 13.8.